The molecule has 156 valence electrons. The van der Waals surface area contributed by atoms with E-state index in [0.717, 1.165) is 42.1 Å². The Labute approximate surface area is 174 Å². The second kappa shape index (κ2) is 8.59. The average molecular weight is 407 g/mol. The van der Waals surface area contributed by atoms with Crippen molar-refractivity contribution in [1.82, 2.24) is 14.9 Å². The van der Waals surface area contributed by atoms with Gasteiger partial charge in [0.05, 0.1) is 44.3 Å². The lowest BCUT2D eigenvalue weighted by Gasteiger charge is -2.27. The van der Waals surface area contributed by atoms with Crippen LogP contribution in [0, 0.1) is 0 Å². The fourth-order valence-electron chi connectivity index (χ4n) is 3.83. The molecule has 0 atom stereocenters. The van der Waals surface area contributed by atoms with Gasteiger partial charge < -0.3 is 19.2 Å². The number of benzene rings is 2. The van der Waals surface area contributed by atoms with Crippen molar-refractivity contribution in [2.45, 2.75) is 13.0 Å². The quantitative estimate of drug-likeness (QED) is 0.676. The molecule has 1 aliphatic heterocycles. The minimum Gasteiger partial charge on any atom is -0.496 e. The van der Waals surface area contributed by atoms with Crippen LogP contribution >= 0.6 is 0 Å². The molecule has 7 nitrogen and oxygen atoms in total. The molecule has 30 heavy (non-hydrogen) atoms. The summed E-state index contributed by atoms with van der Waals surface area (Å²) >= 11 is 0. The van der Waals surface area contributed by atoms with E-state index in [1.165, 1.54) is 5.57 Å². The van der Waals surface area contributed by atoms with Crippen LogP contribution in [-0.2, 0) is 6.54 Å². The van der Waals surface area contributed by atoms with Gasteiger partial charge in [-0.3, -0.25) is 9.69 Å². The largest absolute Gasteiger partial charge is 0.496 e. The van der Waals surface area contributed by atoms with Gasteiger partial charge in [0.15, 0.2) is 0 Å². The second-order valence-corrected chi connectivity index (χ2v) is 7.15. The monoisotopic (exact) mass is 407 g/mol. The van der Waals surface area contributed by atoms with E-state index in [1.54, 1.807) is 27.4 Å². The third-order valence-corrected chi connectivity index (χ3v) is 5.36. The minimum atomic E-state index is -0.100. The Morgan fingerprint density at radius 1 is 1.07 bits per heavy atom. The van der Waals surface area contributed by atoms with E-state index in [0.29, 0.717) is 23.5 Å². The molecule has 0 unspecified atom stereocenters. The smallest absolute Gasteiger partial charge is 0.258 e. The maximum Gasteiger partial charge on any atom is 0.258 e. The van der Waals surface area contributed by atoms with Gasteiger partial charge in [0.1, 0.15) is 23.1 Å². The molecule has 7 heteroatoms. The highest BCUT2D eigenvalue weighted by Crippen LogP contribution is 2.40. The number of nitrogens with zero attached hydrogens (tertiary/aromatic N) is 2. The first-order valence-corrected chi connectivity index (χ1v) is 9.82. The standard InChI is InChI=1S/C23H25N3O4/c1-28-16-12-19(29-2)22(20(13-16)30-3)15-8-10-26(11-9-15)14-21-24-18-7-5-4-6-17(18)23(27)25-21/h4-8,12-13H,9-11,14H2,1-3H3,(H,24,25,27). The summed E-state index contributed by atoms with van der Waals surface area (Å²) in [5.41, 5.74) is 2.74. The van der Waals surface area contributed by atoms with Crippen LogP contribution < -0.4 is 19.8 Å². The summed E-state index contributed by atoms with van der Waals surface area (Å²) in [6, 6.07) is 11.1. The minimum absolute atomic E-state index is 0.100. The normalized spacial score (nSPS) is 14.4. The van der Waals surface area contributed by atoms with Crippen LogP contribution in [0.25, 0.3) is 16.5 Å². The van der Waals surface area contributed by atoms with Gasteiger partial charge in [-0.25, -0.2) is 4.98 Å². The van der Waals surface area contributed by atoms with Crippen molar-refractivity contribution < 1.29 is 14.2 Å². The van der Waals surface area contributed by atoms with Gasteiger partial charge in [-0.1, -0.05) is 18.2 Å². The Bertz CT molecular complexity index is 1130. The molecule has 0 bridgehead atoms. The zero-order valence-electron chi connectivity index (χ0n) is 17.4. The summed E-state index contributed by atoms with van der Waals surface area (Å²) < 4.78 is 16.5. The van der Waals surface area contributed by atoms with Gasteiger partial charge in [0.2, 0.25) is 0 Å². The molecule has 0 saturated carbocycles. The van der Waals surface area contributed by atoms with Crippen LogP contribution in [0.5, 0.6) is 17.2 Å². The molecule has 0 radical (unpaired) electrons. The van der Waals surface area contributed by atoms with E-state index in [9.17, 15) is 4.79 Å². The lowest BCUT2D eigenvalue weighted by atomic mass is 9.97. The van der Waals surface area contributed by atoms with Crippen molar-refractivity contribution in [2.75, 3.05) is 34.4 Å². The molecule has 0 aliphatic carbocycles. The summed E-state index contributed by atoms with van der Waals surface area (Å²) in [4.78, 5) is 22.1. The van der Waals surface area contributed by atoms with Crippen molar-refractivity contribution in [3.63, 3.8) is 0 Å². The first-order chi connectivity index (χ1) is 14.6. The maximum absolute atomic E-state index is 12.3. The van der Waals surface area contributed by atoms with Crippen molar-refractivity contribution in [1.29, 1.82) is 0 Å². The highest BCUT2D eigenvalue weighted by Gasteiger charge is 2.21. The number of aromatic amines is 1. The van der Waals surface area contributed by atoms with Crippen LogP contribution in [0.2, 0.25) is 0 Å². The predicted octanol–water partition coefficient (Wildman–Crippen LogP) is 3.24. The number of rotatable bonds is 6. The van der Waals surface area contributed by atoms with E-state index in [1.807, 2.05) is 30.3 Å². The molecule has 1 aliphatic rings. The average Bonchev–Trinajstić information content (AvgIpc) is 2.78. The maximum atomic E-state index is 12.3. The second-order valence-electron chi connectivity index (χ2n) is 7.15. The van der Waals surface area contributed by atoms with E-state index in [4.69, 9.17) is 14.2 Å². The summed E-state index contributed by atoms with van der Waals surface area (Å²) in [5.74, 6) is 2.82. The fourth-order valence-corrected chi connectivity index (χ4v) is 3.83. The lowest BCUT2D eigenvalue weighted by molar-refractivity contribution is 0.286. The van der Waals surface area contributed by atoms with Crippen molar-refractivity contribution in [2.24, 2.45) is 0 Å². The number of ether oxygens (including phenoxy) is 3. The van der Waals surface area contributed by atoms with E-state index in [-0.39, 0.29) is 5.56 Å². The Morgan fingerprint density at radius 2 is 1.80 bits per heavy atom. The summed E-state index contributed by atoms with van der Waals surface area (Å²) in [6.07, 6.45) is 3.01. The van der Waals surface area contributed by atoms with Crippen molar-refractivity contribution in [3.8, 4) is 17.2 Å². The Morgan fingerprint density at radius 3 is 2.43 bits per heavy atom. The number of para-hydroxylation sites is 1. The summed E-state index contributed by atoms with van der Waals surface area (Å²) in [7, 11) is 4.92. The number of hydrogen-bond acceptors (Lipinski definition) is 6. The number of H-pyrrole nitrogens is 1. The number of nitrogens with one attached hydrogen (secondary N) is 1. The van der Waals surface area contributed by atoms with Crippen molar-refractivity contribution >= 4 is 16.5 Å². The van der Waals surface area contributed by atoms with Gasteiger partial charge >= 0.3 is 0 Å². The first-order valence-electron chi connectivity index (χ1n) is 9.82. The van der Waals surface area contributed by atoms with Crippen LogP contribution in [0.1, 0.15) is 17.8 Å². The molecule has 3 aromatic rings. The first kappa shape index (κ1) is 20.0. The van der Waals surface area contributed by atoms with Crippen LogP contribution in [0.3, 0.4) is 0 Å². The fraction of sp³-hybridized carbons (Fsp3) is 0.304. The molecule has 0 saturated heterocycles. The molecule has 0 spiro atoms. The lowest BCUT2D eigenvalue weighted by Crippen LogP contribution is -2.30. The Hall–Kier alpha value is -3.32. The molecule has 1 aromatic heterocycles. The number of methoxy groups -OCH3 is 3. The van der Waals surface area contributed by atoms with Crippen LogP contribution in [0.4, 0.5) is 0 Å². The summed E-state index contributed by atoms with van der Waals surface area (Å²) in [6.45, 7) is 2.16. The molecular weight excluding hydrogens is 382 g/mol. The Balaban J connectivity index is 1.56. The molecule has 0 amide bonds. The molecule has 2 aromatic carbocycles. The highest BCUT2D eigenvalue weighted by molar-refractivity contribution is 5.78. The number of hydrogen-bond donors (Lipinski definition) is 1. The van der Waals surface area contributed by atoms with Crippen LogP contribution in [0.15, 0.2) is 47.3 Å². The zero-order valence-corrected chi connectivity index (χ0v) is 17.4. The zero-order chi connectivity index (χ0) is 21.1. The number of fused-ring (bicyclic) bond motifs is 1. The van der Waals surface area contributed by atoms with E-state index >= 15 is 0 Å². The number of aromatic nitrogens is 2. The van der Waals surface area contributed by atoms with Gasteiger partial charge in [-0.05, 0) is 24.1 Å². The van der Waals surface area contributed by atoms with Crippen molar-refractivity contribution in [3.05, 3.63) is 64.2 Å². The third kappa shape index (κ3) is 3.89. The van der Waals surface area contributed by atoms with Gasteiger partial charge in [-0.15, -0.1) is 0 Å². The van der Waals surface area contributed by atoms with E-state index in [2.05, 4.69) is 20.9 Å². The van der Waals surface area contributed by atoms with E-state index < -0.39 is 0 Å². The van der Waals surface area contributed by atoms with Gasteiger partial charge in [0.25, 0.3) is 5.56 Å². The molecule has 2 heterocycles. The molecule has 1 N–H and O–H groups in total. The highest BCUT2D eigenvalue weighted by atomic mass is 16.5. The van der Waals surface area contributed by atoms with Gasteiger partial charge in [-0.2, -0.15) is 0 Å². The molecule has 0 fully saturated rings. The molecular formula is C23H25N3O4. The SMILES string of the molecule is COc1cc(OC)c(C2=CCN(Cc3nc4ccccc4c(=O)[nH]3)CC2)c(OC)c1. The van der Waals surface area contributed by atoms with Crippen LogP contribution in [-0.4, -0.2) is 49.3 Å². The van der Waals surface area contributed by atoms with Gasteiger partial charge in [0, 0.05) is 25.2 Å². The summed E-state index contributed by atoms with van der Waals surface area (Å²) in [5, 5.41) is 0.612. The Kier molecular flexibility index (Phi) is 5.72. The predicted molar refractivity (Wildman–Crippen MR) is 116 cm³/mol. The topological polar surface area (TPSA) is 76.7 Å². The molecule has 4 rings (SSSR count). The third-order valence-electron chi connectivity index (χ3n) is 5.36.